The Kier molecular flexibility index (Phi) is 5.82. The fourth-order valence-electron chi connectivity index (χ4n) is 1.74. The summed E-state index contributed by atoms with van der Waals surface area (Å²) in [6, 6.07) is 6.72. The van der Waals surface area contributed by atoms with Gasteiger partial charge in [0.25, 0.3) is 0 Å². The van der Waals surface area contributed by atoms with Crippen molar-refractivity contribution in [1.82, 2.24) is 0 Å². The van der Waals surface area contributed by atoms with E-state index in [2.05, 4.69) is 0 Å². The van der Waals surface area contributed by atoms with E-state index in [1.54, 1.807) is 13.2 Å². The molecule has 19 heavy (non-hydrogen) atoms. The highest BCUT2D eigenvalue weighted by atomic mass is 32.2. The molecule has 0 amide bonds. The van der Waals surface area contributed by atoms with Gasteiger partial charge >= 0.3 is 0 Å². The summed E-state index contributed by atoms with van der Waals surface area (Å²) < 4.78 is 29.0. The third kappa shape index (κ3) is 5.61. The van der Waals surface area contributed by atoms with Gasteiger partial charge in [0.2, 0.25) is 0 Å². The molecule has 0 spiro atoms. The smallest absolute Gasteiger partial charge is 0.152 e. The first kappa shape index (κ1) is 16.0. The monoisotopic (exact) mass is 285 g/mol. The van der Waals surface area contributed by atoms with Crippen molar-refractivity contribution in [3.8, 4) is 5.75 Å². The van der Waals surface area contributed by atoms with E-state index in [-0.39, 0.29) is 11.5 Å². The van der Waals surface area contributed by atoms with Crippen molar-refractivity contribution in [1.29, 1.82) is 0 Å². The number of sulfone groups is 1. The number of nitrogens with two attached hydrogens (primary N) is 1. The first-order valence-corrected chi connectivity index (χ1v) is 8.26. The van der Waals surface area contributed by atoms with Crippen molar-refractivity contribution < 1.29 is 13.2 Å². The molecular weight excluding hydrogens is 262 g/mol. The van der Waals surface area contributed by atoms with Crippen LogP contribution in [0.1, 0.15) is 31.9 Å². The zero-order chi connectivity index (χ0) is 14.5. The molecule has 0 saturated carbocycles. The molecule has 0 saturated heterocycles. The summed E-state index contributed by atoms with van der Waals surface area (Å²) in [6.07, 6.45) is 0.674. The lowest BCUT2D eigenvalue weighted by Gasteiger charge is -2.14. The summed E-state index contributed by atoms with van der Waals surface area (Å²) in [4.78, 5) is 0. The molecule has 0 radical (unpaired) electrons. The first-order valence-electron chi connectivity index (χ1n) is 6.44. The molecule has 1 atom stereocenters. The number of rotatable bonds is 7. The fraction of sp³-hybridized carbons (Fsp3) is 0.571. The van der Waals surface area contributed by atoms with E-state index < -0.39 is 15.9 Å². The highest BCUT2D eigenvalue weighted by Gasteiger charge is 2.18. The molecule has 0 fully saturated rings. The van der Waals surface area contributed by atoms with Crippen LogP contribution in [0.4, 0.5) is 0 Å². The van der Waals surface area contributed by atoms with Gasteiger partial charge in [-0.25, -0.2) is 8.42 Å². The molecule has 0 bridgehead atoms. The van der Waals surface area contributed by atoms with Crippen LogP contribution in [0, 0.1) is 5.92 Å². The zero-order valence-corrected chi connectivity index (χ0v) is 12.6. The summed E-state index contributed by atoms with van der Waals surface area (Å²) in [5.74, 6) is 1.24. The van der Waals surface area contributed by atoms with Gasteiger partial charge in [-0.05, 0) is 30.0 Å². The Hall–Kier alpha value is -1.07. The van der Waals surface area contributed by atoms with Crippen LogP contribution >= 0.6 is 0 Å². The SMILES string of the molecule is COc1cccc(C(N)CS(=O)(=O)CCC(C)C)c1. The average molecular weight is 285 g/mol. The van der Waals surface area contributed by atoms with Gasteiger partial charge in [0.1, 0.15) is 5.75 Å². The van der Waals surface area contributed by atoms with Crippen LogP contribution in [-0.4, -0.2) is 27.0 Å². The summed E-state index contributed by atoms with van der Waals surface area (Å²) in [7, 11) is -1.54. The van der Waals surface area contributed by atoms with E-state index in [1.807, 2.05) is 32.0 Å². The molecule has 0 aliphatic rings. The average Bonchev–Trinajstić information content (AvgIpc) is 2.36. The van der Waals surface area contributed by atoms with Crippen LogP contribution in [0.15, 0.2) is 24.3 Å². The number of methoxy groups -OCH3 is 1. The topological polar surface area (TPSA) is 69.4 Å². The Labute approximate surface area is 115 Å². The van der Waals surface area contributed by atoms with Crippen molar-refractivity contribution in [3.63, 3.8) is 0 Å². The molecule has 1 aromatic rings. The summed E-state index contributed by atoms with van der Waals surface area (Å²) in [5, 5.41) is 0. The van der Waals surface area contributed by atoms with Gasteiger partial charge in [-0.3, -0.25) is 0 Å². The minimum absolute atomic E-state index is 0.0209. The summed E-state index contributed by atoms with van der Waals surface area (Å²) in [5.41, 5.74) is 6.76. The maximum absolute atomic E-state index is 12.0. The van der Waals surface area contributed by atoms with E-state index >= 15 is 0 Å². The van der Waals surface area contributed by atoms with E-state index in [1.165, 1.54) is 0 Å². The van der Waals surface area contributed by atoms with Crippen LogP contribution in [0.5, 0.6) is 5.75 Å². The number of hydrogen-bond donors (Lipinski definition) is 1. The van der Waals surface area contributed by atoms with Crippen molar-refractivity contribution in [3.05, 3.63) is 29.8 Å². The van der Waals surface area contributed by atoms with Crippen LogP contribution in [0.3, 0.4) is 0 Å². The lowest BCUT2D eigenvalue weighted by Crippen LogP contribution is -2.24. The molecule has 2 N–H and O–H groups in total. The molecule has 1 aromatic carbocycles. The normalized spacial score (nSPS) is 13.5. The molecule has 0 aromatic heterocycles. The second-order valence-corrected chi connectivity index (χ2v) is 7.41. The maximum Gasteiger partial charge on any atom is 0.152 e. The van der Waals surface area contributed by atoms with E-state index in [0.717, 1.165) is 5.56 Å². The van der Waals surface area contributed by atoms with Gasteiger partial charge in [-0.1, -0.05) is 26.0 Å². The molecule has 108 valence electrons. The second kappa shape index (κ2) is 6.91. The number of hydrogen-bond acceptors (Lipinski definition) is 4. The molecular formula is C14H23NO3S. The lowest BCUT2D eigenvalue weighted by molar-refractivity contribution is 0.414. The largest absolute Gasteiger partial charge is 0.497 e. The standard InChI is InChI=1S/C14H23NO3S/c1-11(2)7-8-19(16,17)10-14(15)12-5-4-6-13(9-12)18-3/h4-6,9,11,14H,7-8,10,15H2,1-3H3. The van der Waals surface area contributed by atoms with Crippen LogP contribution in [0.2, 0.25) is 0 Å². The van der Waals surface area contributed by atoms with Gasteiger partial charge in [-0.15, -0.1) is 0 Å². The third-order valence-corrected chi connectivity index (χ3v) is 4.69. The number of benzene rings is 1. The Bertz CT molecular complexity index is 497. The molecule has 5 heteroatoms. The van der Waals surface area contributed by atoms with Gasteiger partial charge in [-0.2, -0.15) is 0 Å². The third-order valence-electron chi connectivity index (χ3n) is 2.96. The van der Waals surface area contributed by atoms with Crippen molar-refractivity contribution >= 4 is 9.84 Å². The minimum atomic E-state index is -3.11. The van der Waals surface area contributed by atoms with Gasteiger partial charge in [0.15, 0.2) is 9.84 Å². The van der Waals surface area contributed by atoms with Crippen molar-refractivity contribution in [2.75, 3.05) is 18.6 Å². The highest BCUT2D eigenvalue weighted by molar-refractivity contribution is 7.91. The van der Waals surface area contributed by atoms with Crippen LogP contribution < -0.4 is 10.5 Å². The summed E-state index contributed by atoms with van der Waals surface area (Å²) >= 11 is 0. The van der Waals surface area contributed by atoms with Gasteiger partial charge in [0, 0.05) is 6.04 Å². The van der Waals surface area contributed by atoms with Gasteiger partial charge in [0.05, 0.1) is 18.6 Å². The first-order chi connectivity index (χ1) is 8.84. The second-order valence-electron chi connectivity index (χ2n) is 5.18. The molecule has 1 rings (SSSR count). The van der Waals surface area contributed by atoms with E-state index in [0.29, 0.717) is 18.1 Å². The van der Waals surface area contributed by atoms with E-state index in [9.17, 15) is 8.42 Å². The highest BCUT2D eigenvalue weighted by Crippen LogP contribution is 2.19. The predicted octanol–water partition coefficient (Wildman–Crippen LogP) is 2.16. The zero-order valence-electron chi connectivity index (χ0n) is 11.8. The molecule has 1 unspecified atom stereocenters. The molecule has 0 aliphatic carbocycles. The molecule has 4 nitrogen and oxygen atoms in total. The molecule has 0 heterocycles. The lowest BCUT2D eigenvalue weighted by atomic mass is 10.1. The molecule has 0 aliphatic heterocycles. The van der Waals surface area contributed by atoms with Crippen molar-refractivity contribution in [2.24, 2.45) is 11.7 Å². The summed E-state index contributed by atoms with van der Waals surface area (Å²) in [6.45, 7) is 4.02. The number of ether oxygens (including phenoxy) is 1. The minimum Gasteiger partial charge on any atom is -0.497 e. The Balaban J connectivity index is 2.70. The Morgan fingerprint density at radius 1 is 1.32 bits per heavy atom. The Morgan fingerprint density at radius 2 is 2.00 bits per heavy atom. The van der Waals surface area contributed by atoms with Crippen LogP contribution in [-0.2, 0) is 9.84 Å². The van der Waals surface area contributed by atoms with Gasteiger partial charge < -0.3 is 10.5 Å². The van der Waals surface area contributed by atoms with Crippen molar-refractivity contribution in [2.45, 2.75) is 26.3 Å². The van der Waals surface area contributed by atoms with E-state index in [4.69, 9.17) is 10.5 Å². The quantitative estimate of drug-likeness (QED) is 0.833. The Morgan fingerprint density at radius 3 is 2.58 bits per heavy atom. The fourth-order valence-corrected chi connectivity index (χ4v) is 3.48. The maximum atomic E-state index is 12.0. The van der Waals surface area contributed by atoms with Crippen LogP contribution in [0.25, 0.3) is 0 Å². The predicted molar refractivity (Wildman–Crippen MR) is 78.0 cm³/mol.